The van der Waals surface area contributed by atoms with E-state index in [-0.39, 0.29) is 36.8 Å². The topological polar surface area (TPSA) is 87.1 Å². The number of thioether (sulfide) groups is 1. The van der Waals surface area contributed by atoms with Crippen molar-refractivity contribution >= 4 is 29.1 Å². The monoisotopic (exact) mass is 411 g/mol. The van der Waals surface area contributed by atoms with Gasteiger partial charge in [-0.25, -0.2) is 18.4 Å². The Hall–Kier alpha value is -2.27. The number of rotatable bonds is 4. The van der Waals surface area contributed by atoms with E-state index < -0.39 is 34.6 Å². The molecule has 0 atom stereocenters. The molecule has 0 radical (unpaired) electrons. The van der Waals surface area contributed by atoms with Crippen LogP contribution < -0.4 is 17.1 Å². The van der Waals surface area contributed by atoms with Crippen LogP contribution in [0.1, 0.15) is 12.6 Å². The molecule has 6 nitrogen and oxygen atoms in total. The average Bonchev–Trinajstić information content (AvgIpc) is 2.50. The lowest BCUT2D eigenvalue weighted by molar-refractivity contribution is -0.143. The summed E-state index contributed by atoms with van der Waals surface area (Å²) in [6.45, 7) is 1.30. The number of hydrogen-bond acceptors (Lipinski definition) is 5. The minimum absolute atomic E-state index is 0.0200. The molecule has 140 valence electrons. The third kappa shape index (κ3) is 3.93. The second-order valence-electron chi connectivity index (χ2n) is 5.08. The Morgan fingerprint density at radius 1 is 1.27 bits per heavy atom. The summed E-state index contributed by atoms with van der Waals surface area (Å²) >= 11 is 6.76. The quantitative estimate of drug-likeness (QED) is 0.473. The number of nitrogens with zero attached hydrogens (tertiary/aromatic N) is 2. The number of benzene rings is 1. The Morgan fingerprint density at radius 2 is 1.88 bits per heavy atom. The lowest BCUT2D eigenvalue weighted by Gasteiger charge is -2.14. The molecule has 0 amide bonds. The number of hydrogen-bond donors (Lipinski definition) is 1. The van der Waals surface area contributed by atoms with E-state index in [0.29, 0.717) is 0 Å². The first-order valence-electron chi connectivity index (χ1n) is 6.76. The van der Waals surface area contributed by atoms with Gasteiger partial charge in [-0.1, -0.05) is 11.6 Å². The summed E-state index contributed by atoms with van der Waals surface area (Å²) in [5.41, 5.74) is -5.32. The van der Waals surface area contributed by atoms with Crippen molar-refractivity contribution in [2.45, 2.75) is 18.0 Å². The lowest BCUT2D eigenvalue weighted by Crippen LogP contribution is -2.45. The van der Waals surface area contributed by atoms with Crippen molar-refractivity contribution in [1.82, 2.24) is 9.24 Å². The fourth-order valence-electron chi connectivity index (χ4n) is 1.98. The predicted molar refractivity (Wildman–Crippen MR) is 87.8 cm³/mol. The van der Waals surface area contributed by atoms with Gasteiger partial charge in [-0.15, -0.1) is 11.8 Å². The van der Waals surface area contributed by atoms with Crippen LogP contribution in [0.25, 0.3) is 5.69 Å². The number of alkyl halides is 3. The molecule has 1 aromatic heterocycles. The highest BCUT2D eigenvalue weighted by atomic mass is 35.5. The number of Topliss-reactive ketones (excluding diaryl/α,β-unsaturated/α-hetero) is 1. The van der Waals surface area contributed by atoms with Gasteiger partial charge in [-0.05, 0) is 19.1 Å². The molecule has 26 heavy (non-hydrogen) atoms. The van der Waals surface area contributed by atoms with Crippen molar-refractivity contribution < 1.29 is 22.4 Å². The van der Waals surface area contributed by atoms with Gasteiger partial charge in [0.2, 0.25) is 0 Å². The van der Waals surface area contributed by atoms with Crippen LogP contribution in [-0.4, -0.2) is 20.8 Å². The molecule has 0 aliphatic heterocycles. The van der Waals surface area contributed by atoms with Crippen molar-refractivity contribution in [2.75, 3.05) is 11.6 Å². The SMILES string of the molecule is CC(=O)CSc1cc(-n2c(=O)cc(C(F)(F)F)n(N)c2=O)c(F)cc1Cl. The minimum atomic E-state index is -5.05. The van der Waals surface area contributed by atoms with E-state index in [1.807, 2.05) is 0 Å². The standard InChI is InChI=1S/C14H10ClF4N3O3S/c1-6(23)5-26-10-3-9(8(16)2-7(10)15)21-12(24)4-11(14(17,18)19)22(20)13(21)25/h2-4H,5,20H2,1H3. The molecule has 2 N–H and O–H groups in total. The number of ketones is 1. The number of aromatic nitrogens is 2. The van der Waals surface area contributed by atoms with Crippen molar-refractivity contribution in [2.24, 2.45) is 0 Å². The molecule has 0 aliphatic rings. The van der Waals surface area contributed by atoms with Gasteiger partial charge in [0.05, 0.1) is 16.5 Å². The maximum atomic E-state index is 14.2. The van der Waals surface area contributed by atoms with Gasteiger partial charge in [-0.2, -0.15) is 13.2 Å². The van der Waals surface area contributed by atoms with Crippen LogP contribution in [0.5, 0.6) is 0 Å². The Labute approximate surface area is 152 Å². The van der Waals surface area contributed by atoms with E-state index in [2.05, 4.69) is 0 Å². The molecule has 0 unspecified atom stereocenters. The van der Waals surface area contributed by atoms with E-state index in [1.54, 1.807) is 0 Å². The first-order valence-corrected chi connectivity index (χ1v) is 8.13. The number of nitrogen functional groups attached to an aromatic ring is 1. The van der Waals surface area contributed by atoms with Gasteiger partial charge in [-0.3, -0.25) is 9.59 Å². The van der Waals surface area contributed by atoms with E-state index >= 15 is 0 Å². The van der Waals surface area contributed by atoms with Crippen molar-refractivity contribution in [3.63, 3.8) is 0 Å². The second-order valence-corrected chi connectivity index (χ2v) is 6.50. The molecule has 2 aromatic rings. The molecule has 2 rings (SSSR count). The van der Waals surface area contributed by atoms with Crippen LogP contribution >= 0.6 is 23.4 Å². The predicted octanol–water partition coefficient (Wildman–Crippen LogP) is 2.21. The van der Waals surface area contributed by atoms with Crippen LogP contribution in [0.15, 0.2) is 32.7 Å². The summed E-state index contributed by atoms with van der Waals surface area (Å²) in [5.74, 6) is 3.76. The maximum absolute atomic E-state index is 14.2. The fourth-order valence-corrected chi connectivity index (χ4v) is 3.04. The number of nitrogens with two attached hydrogens (primary N) is 1. The van der Waals surface area contributed by atoms with Crippen LogP contribution in [-0.2, 0) is 11.0 Å². The maximum Gasteiger partial charge on any atom is 0.433 e. The van der Waals surface area contributed by atoms with E-state index in [1.165, 1.54) is 6.92 Å². The molecule has 1 aromatic carbocycles. The molecule has 0 spiro atoms. The smallest absolute Gasteiger partial charge is 0.335 e. The summed E-state index contributed by atoms with van der Waals surface area (Å²) in [7, 11) is 0. The van der Waals surface area contributed by atoms with Crippen LogP contribution in [0.2, 0.25) is 5.02 Å². The Balaban J connectivity index is 2.71. The summed E-state index contributed by atoms with van der Waals surface area (Å²) in [4.78, 5) is 35.3. The molecular formula is C14H10ClF4N3O3S. The zero-order chi connectivity index (χ0) is 19.8. The first kappa shape index (κ1) is 20.0. The zero-order valence-electron chi connectivity index (χ0n) is 12.9. The summed E-state index contributed by atoms with van der Waals surface area (Å²) in [6.07, 6.45) is -5.05. The zero-order valence-corrected chi connectivity index (χ0v) is 14.5. The average molecular weight is 412 g/mol. The first-order chi connectivity index (χ1) is 11.9. The highest BCUT2D eigenvalue weighted by molar-refractivity contribution is 8.00. The van der Waals surface area contributed by atoms with Gasteiger partial charge in [0.1, 0.15) is 11.6 Å². The summed E-state index contributed by atoms with van der Waals surface area (Å²) in [5, 5.41) is -0.0921. The number of carbonyl (C=O) groups excluding carboxylic acids is 1. The number of halogens is 5. The molecule has 0 saturated heterocycles. The molecule has 0 fully saturated rings. The molecule has 0 bridgehead atoms. The van der Waals surface area contributed by atoms with E-state index in [4.69, 9.17) is 17.4 Å². The number of carbonyl (C=O) groups is 1. The molecule has 0 aliphatic carbocycles. The van der Waals surface area contributed by atoms with Gasteiger partial charge in [0.25, 0.3) is 5.56 Å². The normalized spacial score (nSPS) is 11.6. The molecular weight excluding hydrogens is 402 g/mol. The summed E-state index contributed by atoms with van der Waals surface area (Å²) < 4.78 is 52.5. The van der Waals surface area contributed by atoms with Crippen molar-refractivity contribution in [1.29, 1.82) is 0 Å². The largest absolute Gasteiger partial charge is 0.433 e. The van der Waals surface area contributed by atoms with Gasteiger partial charge in [0.15, 0.2) is 5.69 Å². The summed E-state index contributed by atoms with van der Waals surface area (Å²) in [6, 6.07) is 1.85. The van der Waals surface area contributed by atoms with Gasteiger partial charge in [0, 0.05) is 11.0 Å². The Bertz CT molecular complexity index is 1000. The third-order valence-corrected chi connectivity index (χ3v) is 4.73. The third-order valence-electron chi connectivity index (χ3n) is 3.10. The highest BCUT2D eigenvalue weighted by Crippen LogP contribution is 2.31. The van der Waals surface area contributed by atoms with E-state index in [9.17, 15) is 31.9 Å². The van der Waals surface area contributed by atoms with Crippen LogP contribution in [0.4, 0.5) is 17.6 Å². The minimum Gasteiger partial charge on any atom is -0.335 e. The van der Waals surface area contributed by atoms with Crippen molar-refractivity contribution in [3.05, 3.63) is 55.6 Å². The fraction of sp³-hybridized carbons (Fsp3) is 0.214. The molecule has 0 saturated carbocycles. The van der Waals surface area contributed by atoms with Crippen LogP contribution in [0, 0.1) is 5.82 Å². The Morgan fingerprint density at radius 3 is 2.42 bits per heavy atom. The van der Waals surface area contributed by atoms with Crippen LogP contribution in [0.3, 0.4) is 0 Å². The molecule has 12 heteroatoms. The lowest BCUT2D eigenvalue weighted by atomic mass is 10.3. The Kier molecular flexibility index (Phi) is 5.52. The highest BCUT2D eigenvalue weighted by Gasteiger charge is 2.36. The van der Waals surface area contributed by atoms with Gasteiger partial charge >= 0.3 is 11.9 Å². The van der Waals surface area contributed by atoms with Crippen molar-refractivity contribution in [3.8, 4) is 5.69 Å². The second kappa shape index (κ2) is 7.16. The van der Waals surface area contributed by atoms with E-state index in [0.717, 1.165) is 23.9 Å². The van der Waals surface area contributed by atoms with Gasteiger partial charge < -0.3 is 5.84 Å². The molecule has 1 heterocycles.